The highest BCUT2D eigenvalue weighted by Gasteiger charge is 2.21. The first-order valence-corrected chi connectivity index (χ1v) is 9.07. The molecule has 3 aromatic rings. The molecule has 0 atom stereocenters. The molecule has 1 N–H and O–H groups in total. The maximum Gasteiger partial charge on any atom is 0.275 e. The number of fused-ring (bicyclic) bond motifs is 1. The smallest absolute Gasteiger partial charge is 0.275 e. The van der Waals surface area contributed by atoms with Gasteiger partial charge in [0.2, 0.25) is 10.3 Å². The lowest BCUT2D eigenvalue weighted by molar-refractivity contribution is 0.0154. The SMILES string of the molecule is Cc1nsc(N(Cc2ccc3c(c2)CONC3=O)c2nc(C)ns2)n1. The molecular formula is C15H14N6O2S2. The van der Waals surface area contributed by atoms with Crippen LogP contribution in [0.15, 0.2) is 18.2 Å². The normalized spacial score (nSPS) is 13.4. The summed E-state index contributed by atoms with van der Waals surface area (Å²) in [6.45, 7) is 4.62. The number of anilines is 2. The second-order valence-corrected chi connectivity index (χ2v) is 7.01. The Morgan fingerprint density at radius 2 is 1.84 bits per heavy atom. The number of hydrogen-bond donors (Lipinski definition) is 1. The molecule has 0 fully saturated rings. The molecule has 1 amide bonds. The number of amides is 1. The summed E-state index contributed by atoms with van der Waals surface area (Å²) < 4.78 is 8.53. The maximum atomic E-state index is 11.8. The minimum Gasteiger partial charge on any atom is -0.287 e. The average molecular weight is 374 g/mol. The Morgan fingerprint density at radius 1 is 1.16 bits per heavy atom. The van der Waals surface area contributed by atoms with Crippen molar-refractivity contribution in [3.05, 3.63) is 46.5 Å². The van der Waals surface area contributed by atoms with Gasteiger partial charge in [-0.1, -0.05) is 12.1 Å². The van der Waals surface area contributed by atoms with E-state index in [9.17, 15) is 4.79 Å². The van der Waals surface area contributed by atoms with Crippen LogP contribution in [0.1, 0.15) is 33.1 Å². The van der Waals surface area contributed by atoms with E-state index in [0.717, 1.165) is 33.0 Å². The molecule has 0 bridgehead atoms. The van der Waals surface area contributed by atoms with Crippen molar-refractivity contribution >= 4 is 39.2 Å². The van der Waals surface area contributed by atoms with Crippen molar-refractivity contribution in [2.75, 3.05) is 4.90 Å². The van der Waals surface area contributed by atoms with E-state index in [4.69, 9.17) is 4.84 Å². The molecule has 1 aliphatic rings. The molecule has 0 aliphatic carbocycles. The van der Waals surface area contributed by atoms with E-state index < -0.39 is 0 Å². The third kappa shape index (κ3) is 3.23. The van der Waals surface area contributed by atoms with E-state index in [1.165, 1.54) is 23.1 Å². The van der Waals surface area contributed by atoms with Gasteiger partial charge in [0.25, 0.3) is 5.91 Å². The summed E-state index contributed by atoms with van der Waals surface area (Å²) in [5.41, 5.74) is 4.90. The van der Waals surface area contributed by atoms with Gasteiger partial charge in [-0.3, -0.25) is 14.5 Å². The first-order valence-electron chi connectivity index (χ1n) is 7.52. The number of benzene rings is 1. The fourth-order valence-corrected chi connectivity index (χ4v) is 3.92. The van der Waals surface area contributed by atoms with Crippen LogP contribution in [0.2, 0.25) is 0 Å². The van der Waals surface area contributed by atoms with Crippen LogP contribution in [0.25, 0.3) is 0 Å². The zero-order valence-electron chi connectivity index (χ0n) is 13.5. The van der Waals surface area contributed by atoms with Crippen LogP contribution in [-0.4, -0.2) is 24.6 Å². The Bertz CT molecular complexity index is 898. The summed E-state index contributed by atoms with van der Waals surface area (Å²) in [5.74, 6) is 1.23. The van der Waals surface area contributed by atoms with Gasteiger partial charge in [0, 0.05) is 28.6 Å². The second-order valence-electron chi connectivity index (χ2n) is 5.55. The summed E-state index contributed by atoms with van der Waals surface area (Å²) in [5, 5.41) is 1.53. The number of carbonyl (C=O) groups excluding carboxylic acids is 1. The van der Waals surface area contributed by atoms with Crippen molar-refractivity contribution in [3.63, 3.8) is 0 Å². The molecule has 25 heavy (non-hydrogen) atoms. The van der Waals surface area contributed by atoms with E-state index >= 15 is 0 Å². The molecule has 3 heterocycles. The summed E-state index contributed by atoms with van der Waals surface area (Å²) in [6, 6.07) is 5.72. The fourth-order valence-electron chi connectivity index (χ4n) is 2.51. The zero-order valence-corrected chi connectivity index (χ0v) is 15.1. The lowest BCUT2D eigenvalue weighted by atomic mass is 10.0. The predicted molar refractivity (Wildman–Crippen MR) is 93.8 cm³/mol. The quantitative estimate of drug-likeness (QED) is 0.750. The van der Waals surface area contributed by atoms with E-state index in [1.54, 1.807) is 0 Å². The third-order valence-electron chi connectivity index (χ3n) is 3.64. The van der Waals surface area contributed by atoms with Crippen LogP contribution < -0.4 is 10.4 Å². The van der Waals surface area contributed by atoms with Gasteiger partial charge < -0.3 is 0 Å². The van der Waals surface area contributed by atoms with Gasteiger partial charge in [0.15, 0.2) is 0 Å². The molecule has 10 heteroatoms. The van der Waals surface area contributed by atoms with Crippen LogP contribution in [0.4, 0.5) is 10.3 Å². The van der Waals surface area contributed by atoms with Crippen molar-refractivity contribution in [1.82, 2.24) is 24.2 Å². The molecule has 0 unspecified atom stereocenters. The van der Waals surface area contributed by atoms with Gasteiger partial charge in [0.05, 0.1) is 6.54 Å². The van der Waals surface area contributed by atoms with Gasteiger partial charge in [-0.2, -0.15) is 8.75 Å². The largest absolute Gasteiger partial charge is 0.287 e. The fraction of sp³-hybridized carbons (Fsp3) is 0.267. The number of nitrogens with zero attached hydrogens (tertiary/aromatic N) is 5. The Hall–Kier alpha value is -2.43. The number of aromatic nitrogens is 4. The highest BCUT2D eigenvalue weighted by molar-refractivity contribution is 7.12. The summed E-state index contributed by atoms with van der Waals surface area (Å²) in [6.07, 6.45) is 0. The number of hydrogen-bond acceptors (Lipinski definition) is 9. The van der Waals surface area contributed by atoms with Crippen molar-refractivity contribution < 1.29 is 9.63 Å². The molecular weight excluding hydrogens is 360 g/mol. The van der Waals surface area contributed by atoms with Gasteiger partial charge in [-0.15, -0.1) is 0 Å². The molecule has 0 saturated carbocycles. The van der Waals surface area contributed by atoms with E-state index in [0.29, 0.717) is 18.7 Å². The molecule has 8 nitrogen and oxygen atoms in total. The Balaban J connectivity index is 1.68. The van der Waals surface area contributed by atoms with Gasteiger partial charge in [0.1, 0.15) is 18.3 Å². The standard InChI is InChI=1S/C15H14N6O2S2/c1-8-16-14(24-19-8)21(15-17-9(2)20-25-15)6-10-3-4-12-11(5-10)7-23-18-13(12)22/h3-5H,6-7H2,1-2H3,(H,18,22). The van der Waals surface area contributed by atoms with Crippen molar-refractivity contribution in [1.29, 1.82) is 0 Å². The van der Waals surface area contributed by atoms with Crippen LogP contribution in [-0.2, 0) is 18.0 Å². The van der Waals surface area contributed by atoms with Crippen LogP contribution >= 0.6 is 23.1 Å². The summed E-state index contributed by atoms with van der Waals surface area (Å²) in [4.78, 5) is 27.8. The Kier molecular flexibility index (Phi) is 4.15. The topological polar surface area (TPSA) is 93.1 Å². The van der Waals surface area contributed by atoms with Crippen LogP contribution in [0, 0.1) is 13.8 Å². The highest BCUT2D eigenvalue weighted by Crippen LogP contribution is 2.30. The Morgan fingerprint density at radius 3 is 2.44 bits per heavy atom. The monoisotopic (exact) mass is 374 g/mol. The molecule has 0 saturated heterocycles. The lowest BCUT2D eigenvalue weighted by Crippen LogP contribution is -2.30. The van der Waals surface area contributed by atoms with Gasteiger partial charge >= 0.3 is 0 Å². The number of aryl methyl sites for hydroxylation is 2. The van der Waals surface area contributed by atoms with Crippen molar-refractivity contribution in [2.45, 2.75) is 27.0 Å². The number of nitrogens with one attached hydrogen (secondary N) is 1. The molecule has 128 valence electrons. The second kappa shape index (κ2) is 6.47. The molecule has 1 aromatic carbocycles. The summed E-state index contributed by atoms with van der Waals surface area (Å²) in [7, 11) is 0. The number of carbonyl (C=O) groups is 1. The highest BCUT2D eigenvalue weighted by atomic mass is 32.1. The molecule has 2 aromatic heterocycles. The van der Waals surface area contributed by atoms with E-state index in [2.05, 4.69) is 24.2 Å². The molecule has 0 spiro atoms. The van der Waals surface area contributed by atoms with Crippen molar-refractivity contribution in [2.24, 2.45) is 0 Å². The molecule has 4 rings (SSSR count). The summed E-state index contributed by atoms with van der Waals surface area (Å²) >= 11 is 2.65. The lowest BCUT2D eigenvalue weighted by Gasteiger charge is -2.20. The van der Waals surface area contributed by atoms with Crippen molar-refractivity contribution in [3.8, 4) is 0 Å². The zero-order chi connectivity index (χ0) is 17.4. The van der Waals surface area contributed by atoms with Gasteiger partial charge in [-0.05, 0) is 31.0 Å². The Labute approximate surface area is 151 Å². The average Bonchev–Trinajstić information content (AvgIpc) is 3.21. The minimum absolute atomic E-state index is 0.218. The molecule has 1 aliphatic heterocycles. The number of hydroxylamine groups is 1. The third-order valence-corrected chi connectivity index (χ3v) is 5.30. The maximum absolute atomic E-state index is 11.8. The molecule has 0 radical (unpaired) electrons. The number of rotatable bonds is 4. The first kappa shape index (κ1) is 16.1. The van der Waals surface area contributed by atoms with E-state index in [1.807, 2.05) is 36.9 Å². The first-order chi connectivity index (χ1) is 12.1. The van der Waals surface area contributed by atoms with Crippen LogP contribution in [0.3, 0.4) is 0 Å². The van der Waals surface area contributed by atoms with Gasteiger partial charge in [-0.25, -0.2) is 15.4 Å². The van der Waals surface area contributed by atoms with Crippen LogP contribution in [0.5, 0.6) is 0 Å². The van der Waals surface area contributed by atoms with E-state index in [-0.39, 0.29) is 5.91 Å². The minimum atomic E-state index is -0.218. The predicted octanol–water partition coefficient (Wildman–Crippen LogP) is 2.52.